The topological polar surface area (TPSA) is 54.9 Å². The fourth-order valence-electron chi connectivity index (χ4n) is 3.55. The molecule has 1 saturated heterocycles. The summed E-state index contributed by atoms with van der Waals surface area (Å²) in [4.78, 5) is 23.4. The van der Waals surface area contributed by atoms with E-state index in [0.29, 0.717) is 13.0 Å². The van der Waals surface area contributed by atoms with Gasteiger partial charge in [-0.3, -0.25) is 14.6 Å². The van der Waals surface area contributed by atoms with Gasteiger partial charge >= 0.3 is 0 Å². The maximum atomic E-state index is 13.3. The second kappa shape index (κ2) is 11.1. The number of carbonyl (C=O) groups is 1. The third-order valence-electron chi connectivity index (χ3n) is 5.47. The lowest BCUT2D eigenvalue weighted by Crippen LogP contribution is -2.43. The molecule has 0 N–H and O–H groups in total. The molecule has 0 saturated carbocycles. The summed E-state index contributed by atoms with van der Waals surface area (Å²) in [6.07, 6.45) is 0.473. The van der Waals surface area contributed by atoms with E-state index in [-0.39, 0.29) is 5.91 Å². The predicted molar refractivity (Wildman–Crippen MR) is 132 cm³/mol. The Hall–Kier alpha value is -2.13. The van der Waals surface area contributed by atoms with Crippen molar-refractivity contribution in [3.05, 3.63) is 48.0 Å². The summed E-state index contributed by atoms with van der Waals surface area (Å²) in [7, 11) is 1.66. The third-order valence-corrected chi connectivity index (χ3v) is 7.52. The number of ether oxygens (including phenoxy) is 2. The number of anilines is 1. The first-order chi connectivity index (χ1) is 15.6. The van der Waals surface area contributed by atoms with E-state index in [2.05, 4.69) is 36.1 Å². The average Bonchev–Trinajstić information content (AvgIpc) is 3.24. The van der Waals surface area contributed by atoms with Crippen LogP contribution in [0.25, 0.3) is 10.2 Å². The Morgan fingerprint density at radius 1 is 1.22 bits per heavy atom. The number of thioether (sulfide) groups is 1. The van der Waals surface area contributed by atoms with Gasteiger partial charge in [-0.15, -0.1) is 11.8 Å². The number of amides is 1. The molecule has 0 bridgehead atoms. The van der Waals surface area contributed by atoms with Crippen LogP contribution in [0.4, 0.5) is 5.13 Å². The molecule has 1 aliphatic heterocycles. The molecule has 8 heteroatoms. The van der Waals surface area contributed by atoms with Crippen molar-refractivity contribution in [3.8, 4) is 5.75 Å². The van der Waals surface area contributed by atoms with Crippen molar-refractivity contribution in [2.45, 2.75) is 18.2 Å². The van der Waals surface area contributed by atoms with Crippen molar-refractivity contribution >= 4 is 44.4 Å². The van der Waals surface area contributed by atoms with Crippen molar-refractivity contribution < 1.29 is 14.3 Å². The first kappa shape index (κ1) is 23.0. The van der Waals surface area contributed by atoms with Crippen LogP contribution in [0.5, 0.6) is 5.75 Å². The predicted octanol–water partition coefficient (Wildman–Crippen LogP) is 4.46. The van der Waals surface area contributed by atoms with Crippen LogP contribution in [-0.4, -0.2) is 68.0 Å². The summed E-state index contributed by atoms with van der Waals surface area (Å²) in [5.74, 6) is 1.66. The van der Waals surface area contributed by atoms with Crippen molar-refractivity contribution in [3.63, 3.8) is 0 Å². The maximum Gasteiger partial charge on any atom is 0.229 e. The van der Waals surface area contributed by atoms with Crippen LogP contribution in [0, 0.1) is 6.92 Å². The van der Waals surface area contributed by atoms with Gasteiger partial charge in [-0.05, 0) is 37.3 Å². The number of methoxy groups -OCH3 is 1. The SMILES string of the molecule is COc1ccc2nc(N(CCN3CCOCC3)C(=O)CCSc3ccc(C)cc3)sc2c1. The number of hydrogen-bond acceptors (Lipinski definition) is 7. The molecule has 0 spiro atoms. The number of fused-ring (bicyclic) bond motifs is 1. The number of rotatable bonds is 9. The molecular formula is C24H29N3O3S2. The minimum absolute atomic E-state index is 0.115. The van der Waals surface area contributed by atoms with E-state index in [9.17, 15) is 4.79 Å². The minimum atomic E-state index is 0.115. The Morgan fingerprint density at radius 3 is 2.75 bits per heavy atom. The number of morpholine rings is 1. The van der Waals surface area contributed by atoms with Gasteiger partial charge in [0.15, 0.2) is 5.13 Å². The molecule has 1 amide bonds. The van der Waals surface area contributed by atoms with Crippen molar-refractivity contribution in [1.82, 2.24) is 9.88 Å². The van der Waals surface area contributed by atoms with Crippen LogP contribution in [0.15, 0.2) is 47.4 Å². The minimum Gasteiger partial charge on any atom is -0.497 e. The molecule has 6 nitrogen and oxygen atoms in total. The third kappa shape index (κ3) is 6.01. The van der Waals surface area contributed by atoms with E-state index in [1.165, 1.54) is 10.5 Å². The normalized spacial score (nSPS) is 14.6. The Bertz CT molecular complexity index is 1030. The van der Waals surface area contributed by atoms with Crippen LogP contribution < -0.4 is 9.64 Å². The van der Waals surface area contributed by atoms with E-state index in [1.54, 1.807) is 30.2 Å². The summed E-state index contributed by atoms with van der Waals surface area (Å²) in [5, 5.41) is 0.756. The second-order valence-corrected chi connectivity index (χ2v) is 9.92. The van der Waals surface area contributed by atoms with Gasteiger partial charge in [-0.2, -0.15) is 0 Å². The summed E-state index contributed by atoms with van der Waals surface area (Å²) >= 11 is 3.26. The molecule has 3 aromatic rings. The Kier molecular flexibility index (Phi) is 8.02. The Balaban J connectivity index is 1.45. The van der Waals surface area contributed by atoms with Gasteiger partial charge in [0.25, 0.3) is 0 Å². The monoisotopic (exact) mass is 471 g/mol. The summed E-state index contributed by atoms with van der Waals surface area (Å²) in [6, 6.07) is 14.3. The Morgan fingerprint density at radius 2 is 2.00 bits per heavy atom. The molecule has 0 unspecified atom stereocenters. The second-order valence-electron chi connectivity index (χ2n) is 7.74. The number of aryl methyl sites for hydroxylation is 1. The van der Waals surface area contributed by atoms with Crippen molar-refractivity contribution in [2.75, 3.05) is 57.2 Å². The van der Waals surface area contributed by atoms with E-state index < -0.39 is 0 Å². The zero-order chi connectivity index (χ0) is 22.3. The summed E-state index contributed by atoms with van der Waals surface area (Å²) in [5.41, 5.74) is 2.14. The van der Waals surface area contributed by atoms with E-state index >= 15 is 0 Å². The first-order valence-electron chi connectivity index (χ1n) is 10.9. The van der Waals surface area contributed by atoms with E-state index in [1.807, 2.05) is 23.1 Å². The fourth-order valence-corrected chi connectivity index (χ4v) is 5.43. The number of aromatic nitrogens is 1. The lowest BCUT2D eigenvalue weighted by atomic mass is 10.2. The van der Waals surface area contributed by atoms with Crippen LogP contribution >= 0.6 is 23.1 Å². The number of nitrogens with zero attached hydrogens (tertiary/aromatic N) is 3. The largest absolute Gasteiger partial charge is 0.497 e. The smallest absolute Gasteiger partial charge is 0.229 e. The van der Waals surface area contributed by atoms with Crippen molar-refractivity contribution in [1.29, 1.82) is 0 Å². The average molecular weight is 472 g/mol. The first-order valence-corrected chi connectivity index (χ1v) is 12.7. The highest BCUT2D eigenvalue weighted by Crippen LogP contribution is 2.32. The maximum absolute atomic E-state index is 13.3. The number of thiazole rings is 1. The summed E-state index contributed by atoms with van der Waals surface area (Å²) in [6.45, 7) is 6.84. The molecule has 32 heavy (non-hydrogen) atoms. The van der Waals surface area contributed by atoms with Gasteiger partial charge in [-0.1, -0.05) is 29.0 Å². The quantitative estimate of drug-likeness (QED) is 0.430. The number of hydrogen-bond donors (Lipinski definition) is 0. The van der Waals surface area contributed by atoms with Gasteiger partial charge < -0.3 is 9.47 Å². The molecule has 1 fully saturated rings. The highest BCUT2D eigenvalue weighted by molar-refractivity contribution is 7.99. The molecule has 0 radical (unpaired) electrons. The molecule has 0 aliphatic carbocycles. The van der Waals surface area contributed by atoms with Crippen LogP contribution in [-0.2, 0) is 9.53 Å². The molecule has 2 aromatic carbocycles. The highest BCUT2D eigenvalue weighted by Gasteiger charge is 2.21. The molecule has 0 atom stereocenters. The molecular weight excluding hydrogens is 442 g/mol. The van der Waals surface area contributed by atoms with Gasteiger partial charge in [-0.25, -0.2) is 4.98 Å². The molecule has 1 aliphatic rings. The molecule has 1 aromatic heterocycles. The lowest BCUT2D eigenvalue weighted by Gasteiger charge is -2.29. The molecule has 2 heterocycles. The molecule has 4 rings (SSSR count). The van der Waals surface area contributed by atoms with Gasteiger partial charge in [0, 0.05) is 43.2 Å². The van der Waals surface area contributed by atoms with Crippen LogP contribution in [0.3, 0.4) is 0 Å². The van der Waals surface area contributed by atoms with Crippen molar-refractivity contribution in [2.24, 2.45) is 0 Å². The fraction of sp³-hybridized carbons (Fsp3) is 0.417. The highest BCUT2D eigenvalue weighted by atomic mass is 32.2. The Labute approximate surface area is 197 Å². The number of benzene rings is 2. The zero-order valence-corrected chi connectivity index (χ0v) is 20.2. The van der Waals surface area contributed by atoms with Crippen LogP contribution in [0.1, 0.15) is 12.0 Å². The van der Waals surface area contributed by atoms with E-state index in [0.717, 1.165) is 59.7 Å². The van der Waals surface area contributed by atoms with Gasteiger partial charge in [0.1, 0.15) is 5.75 Å². The number of carbonyl (C=O) groups excluding carboxylic acids is 1. The standard InChI is InChI=1S/C24H29N3O3S2/c1-18-3-6-20(7-4-18)31-16-9-23(28)27(11-10-26-12-14-30-15-13-26)24-25-21-8-5-19(29-2)17-22(21)32-24/h3-8,17H,9-16H2,1-2H3. The van der Waals surface area contributed by atoms with Gasteiger partial charge in [0.2, 0.25) is 5.91 Å². The summed E-state index contributed by atoms with van der Waals surface area (Å²) < 4.78 is 11.8. The lowest BCUT2D eigenvalue weighted by molar-refractivity contribution is -0.118. The molecule has 170 valence electrons. The van der Waals surface area contributed by atoms with Gasteiger partial charge in [0.05, 0.1) is 30.5 Å². The van der Waals surface area contributed by atoms with Crippen LogP contribution in [0.2, 0.25) is 0 Å². The zero-order valence-electron chi connectivity index (χ0n) is 18.6. The van der Waals surface area contributed by atoms with E-state index in [4.69, 9.17) is 14.5 Å².